The molecule has 24 heavy (non-hydrogen) atoms. The summed E-state index contributed by atoms with van der Waals surface area (Å²) < 4.78 is 0. The van der Waals surface area contributed by atoms with Gasteiger partial charge in [-0.1, -0.05) is 75.4 Å². The average molecular weight is 315 g/mol. The first-order chi connectivity index (χ1) is 11.4. The number of carbonyl (C=O) groups is 1. The highest BCUT2D eigenvalue weighted by molar-refractivity contribution is 6.08. The van der Waals surface area contributed by atoms with Crippen LogP contribution in [0.1, 0.15) is 42.3 Å². The van der Waals surface area contributed by atoms with Gasteiger partial charge in [0.25, 0.3) is 0 Å². The van der Waals surface area contributed by atoms with Gasteiger partial charge >= 0.3 is 0 Å². The Morgan fingerprint density at radius 1 is 0.792 bits per heavy atom. The maximum Gasteiger partial charge on any atom is 0.194 e. The second kappa shape index (κ2) is 6.40. The number of pyridine rings is 1. The third-order valence-electron chi connectivity index (χ3n) is 4.11. The summed E-state index contributed by atoms with van der Waals surface area (Å²) >= 11 is 0. The zero-order chi connectivity index (χ0) is 17.2. The Balaban J connectivity index is 1.83. The molecule has 3 rings (SSSR count). The molecular weight excluding hydrogens is 294 g/mol. The van der Waals surface area contributed by atoms with Gasteiger partial charge in [-0.05, 0) is 23.1 Å². The van der Waals surface area contributed by atoms with Crippen molar-refractivity contribution in [1.82, 2.24) is 4.98 Å². The monoisotopic (exact) mass is 315 g/mol. The fraction of sp³-hybridized carbons (Fsp3) is 0.182. The summed E-state index contributed by atoms with van der Waals surface area (Å²) in [4.78, 5) is 17.0. The minimum Gasteiger partial charge on any atom is -0.289 e. The Labute approximate surface area is 143 Å². The highest BCUT2D eigenvalue weighted by Gasteiger charge is 2.15. The van der Waals surface area contributed by atoms with E-state index < -0.39 is 0 Å². The van der Waals surface area contributed by atoms with Gasteiger partial charge in [0.1, 0.15) is 0 Å². The summed E-state index contributed by atoms with van der Waals surface area (Å²) in [5.41, 5.74) is 4.52. The highest BCUT2D eigenvalue weighted by Crippen LogP contribution is 2.23. The van der Waals surface area contributed by atoms with E-state index in [4.69, 9.17) is 0 Å². The zero-order valence-electron chi connectivity index (χ0n) is 14.3. The van der Waals surface area contributed by atoms with Crippen LogP contribution >= 0.6 is 0 Å². The van der Waals surface area contributed by atoms with Gasteiger partial charge in [0, 0.05) is 22.9 Å². The van der Waals surface area contributed by atoms with Crippen LogP contribution in [0.25, 0.3) is 11.3 Å². The van der Waals surface area contributed by atoms with E-state index in [1.54, 1.807) is 6.20 Å². The fourth-order valence-electron chi connectivity index (χ4n) is 2.60. The predicted molar refractivity (Wildman–Crippen MR) is 98.2 cm³/mol. The number of aromatic nitrogens is 1. The van der Waals surface area contributed by atoms with E-state index in [-0.39, 0.29) is 11.2 Å². The molecule has 0 fully saturated rings. The smallest absolute Gasteiger partial charge is 0.194 e. The Kier molecular flexibility index (Phi) is 4.30. The van der Waals surface area contributed by atoms with E-state index >= 15 is 0 Å². The van der Waals surface area contributed by atoms with Crippen LogP contribution in [0.5, 0.6) is 0 Å². The average Bonchev–Trinajstić information content (AvgIpc) is 2.61. The van der Waals surface area contributed by atoms with Crippen LogP contribution in [-0.2, 0) is 5.41 Å². The highest BCUT2D eigenvalue weighted by atomic mass is 16.1. The van der Waals surface area contributed by atoms with Gasteiger partial charge in [0.05, 0.1) is 5.69 Å². The first-order valence-electron chi connectivity index (χ1n) is 8.12. The van der Waals surface area contributed by atoms with E-state index in [0.29, 0.717) is 11.1 Å². The van der Waals surface area contributed by atoms with Gasteiger partial charge < -0.3 is 0 Å². The molecule has 1 aromatic heterocycles. The second-order valence-electron chi connectivity index (χ2n) is 6.95. The van der Waals surface area contributed by atoms with Crippen molar-refractivity contribution in [3.05, 3.63) is 89.6 Å². The molecule has 0 saturated heterocycles. The largest absolute Gasteiger partial charge is 0.289 e. The molecule has 1 heterocycles. The van der Waals surface area contributed by atoms with Gasteiger partial charge in [-0.3, -0.25) is 9.78 Å². The minimum absolute atomic E-state index is 0.00238. The lowest BCUT2D eigenvalue weighted by atomic mass is 9.86. The van der Waals surface area contributed by atoms with Crippen LogP contribution in [-0.4, -0.2) is 10.8 Å². The molecule has 0 bridgehead atoms. The Morgan fingerprint density at radius 3 is 1.96 bits per heavy atom. The summed E-state index contributed by atoms with van der Waals surface area (Å²) in [6.07, 6.45) is 1.66. The summed E-state index contributed by atoms with van der Waals surface area (Å²) in [6, 6.07) is 21.5. The van der Waals surface area contributed by atoms with Crippen molar-refractivity contribution in [3.8, 4) is 11.3 Å². The molecule has 0 spiro atoms. The number of nitrogens with zero attached hydrogens (tertiary/aromatic N) is 1. The van der Waals surface area contributed by atoms with Crippen LogP contribution in [0.2, 0.25) is 0 Å². The topological polar surface area (TPSA) is 30.0 Å². The van der Waals surface area contributed by atoms with Gasteiger partial charge in [-0.2, -0.15) is 0 Å². The van der Waals surface area contributed by atoms with Gasteiger partial charge in [0.2, 0.25) is 0 Å². The fourth-order valence-corrected chi connectivity index (χ4v) is 2.60. The van der Waals surface area contributed by atoms with Crippen molar-refractivity contribution in [2.75, 3.05) is 0 Å². The normalized spacial score (nSPS) is 11.3. The van der Waals surface area contributed by atoms with Gasteiger partial charge in [-0.15, -0.1) is 0 Å². The summed E-state index contributed by atoms with van der Waals surface area (Å²) in [5.74, 6) is 0.00238. The molecule has 3 aromatic rings. The molecule has 0 N–H and O–H groups in total. The SMILES string of the molecule is CC(C)(C)c1ccc(C(=O)c2ccc(-c3ccccc3)nc2)cc1. The van der Waals surface area contributed by atoms with Crippen LogP contribution in [0.3, 0.4) is 0 Å². The molecule has 0 radical (unpaired) electrons. The number of hydrogen-bond acceptors (Lipinski definition) is 2. The lowest BCUT2D eigenvalue weighted by Crippen LogP contribution is -2.11. The molecule has 2 heteroatoms. The zero-order valence-corrected chi connectivity index (χ0v) is 14.3. The minimum atomic E-state index is 0.00238. The van der Waals surface area contributed by atoms with Crippen molar-refractivity contribution in [2.24, 2.45) is 0 Å². The number of rotatable bonds is 3. The van der Waals surface area contributed by atoms with E-state index in [2.05, 4.69) is 25.8 Å². The van der Waals surface area contributed by atoms with E-state index in [0.717, 1.165) is 11.3 Å². The Morgan fingerprint density at radius 2 is 1.42 bits per heavy atom. The number of benzene rings is 2. The van der Waals surface area contributed by atoms with Gasteiger partial charge in [-0.25, -0.2) is 0 Å². The lowest BCUT2D eigenvalue weighted by Gasteiger charge is -2.19. The second-order valence-corrected chi connectivity index (χ2v) is 6.95. The van der Waals surface area contributed by atoms with Gasteiger partial charge in [0.15, 0.2) is 5.78 Å². The molecule has 0 aliphatic carbocycles. The first-order valence-corrected chi connectivity index (χ1v) is 8.12. The van der Waals surface area contributed by atoms with Crippen molar-refractivity contribution in [2.45, 2.75) is 26.2 Å². The Bertz CT molecular complexity index is 826. The van der Waals surface area contributed by atoms with Crippen LogP contribution < -0.4 is 0 Å². The predicted octanol–water partition coefficient (Wildman–Crippen LogP) is 5.28. The number of ketones is 1. The molecular formula is C22H21NO. The Hall–Kier alpha value is -2.74. The third kappa shape index (κ3) is 3.43. The molecule has 0 saturated carbocycles. The quantitative estimate of drug-likeness (QED) is 0.616. The van der Waals surface area contributed by atoms with Crippen molar-refractivity contribution in [3.63, 3.8) is 0 Å². The van der Waals surface area contributed by atoms with Crippen LogP contribution in [0.15, 0.2) is 72.9 Å². The van der Waals surface area contributed by atoms with Crippen molar-refractivity contribution < 1.29 is 4.79 Å². The summed E-state index contributed by atoms with van der Waals surface area (Å²) in [5, 5.41) is 0. The first kappa shape index (κ1) is 16.1. The maximum absolute atomic E-state index is 12.6. The summed E-state index contributed by atoms with van der Waals surface area (Å²) in [6.45, 7) is 6.49. The van der Waals surface area contributed by atoms with E-state index in [9.17, 15) is 4.79 Å². The molecule has 120 valence electrons. The maximum atomic E-state index is 12.6. The van der Waals surface area contributed by atoms with Crippen LogP contribution in [0.4, 0.5) is 0 Å². The van der Waals surface area contributed by atoms with E-state index in [1.807, 2.05) is 66.7 Å². The lowest BCUT2D eigenvalue weighted by molar-refractivity contribution is 0.103. The molecule has 0 unspecified atom stereocenters. The van der Waals surface area contributed by atoms with Crippen LogP contribution in [0, 0.1) is 0 Å². The van der Waals surface area contributed by atoms with E-state index in [1.165, 1.54) is 5.56 Å². The molecule has 0 atom stereocenters. The molecule has 0 aliphatic heterocycles. The third-order valence-corrected chi connectivity index (χ3v) is 4.11. The molecule has 2 nitrogen and oxygen atoms in total. The molecule has 0 amide bonds. The van der Waals surface area contributed by atoms with Crippen molar-refractivity contribution >= 4 is 5.78 Å². The number of hydrogen-bond donors (Lipinski definition) is 0. The standard InChI is InChI=1S/C22H21NO/c1-22(2,3)19-12-9-17(10-13-19)21(24)18-11-14-20(23-15-18)16-7-5-4-6-8-16/h4-15H,1-3H3. The number of carbonyl (C=O) groups excluding carboxylic acids is 1. The molecule has 2 aromatic carbocycles. The molecule has 0 aliphatic rings. The van der Waals surface area contributed by atoms with Crippen molar-refractivity contribution in [1.29, 1.82) is 0 Å². The summed E-state index contributed by atoms with van der Waals surface area (Å²) in [7, 11) is 0.